The van der Waals surface area contributed by atoms with Crippen LogP contribution in [0.2, 0.25) is 0 Å². The molecule has 0 aromatic heterocycles. The van der Waals surface area contributed by atoms with Crippen LogP contribution >= 0.6 is 11.8 Å². The maximum atomic E-state index is 12.1. The van der Waals surface area contributed by atoms with Gasteiger partial charge in [0, 0.05) is 0 Å². The van der Waals surface area contributed by atoms with Crippen molar-refractivity contribution in [3.05, 3.63) is 0 Å². The molecule has 2 rings (SSSR count). The van der Waals surface area contributed by atoms with Crippen LogP contribution in [0.1, 0.15) is 25.7 Å². The number of carbonyl (C=O) groups is 1. The van der Waals surface area contributed by atoms with Crippen molar-refractivity contribution in [2.24, 2.45) is 5.92 Å². The molecule has 0 aromatic carbocycles. The van der Waals surface area contributed by atoms with Crippen LogP contribution in [-0.2, 0) is 19.4 Å². The van der Waals surface area contributed by atoms with Gasteiger partial charge in [-0.15, -0.1) is 11.8 Å². The molecular weight excluding hydrogens is 248 g/mol. The van der Waals surface area contributed by atoms with Crippen molar-refractivity contribution in [2.45, 2.75) is 29.8 Å². The predicted octanol–water partition coefficient (Wildman–Crippen LogP) is 1.21. The summed E-state index contributed by atoms with van der Waals surface area (Å²) in [6.07, 6.45) is 2.41. The molecule has 1 saturated heterocycles. The van der Waals surface area contributed by atoms with Gasteiger partial charge in [-0.3, -0.25) is 4.79 Å². The fraction of sp³-hybridized carbons (Fsp3) is 0.900. The van der Waals surface area contributed by atoms with Gasteiger partial charge >= 0.3 is 5.97 Å². The molecule has 2 aliphatic rings. The third-order valence-electron chi connectivity index (χ3n) is 3.45. The molecule has 0 bridgehead atoms. The zero-order valence-electron chi connectivity index (χ0n) is 9.27. The molecule has 0 radical (unpaired) electrons. The number of methoxy groups -OCH3 is 1. The monoisotopic (exact) mass is 264 g/mol. The maximum Gasteiger partial charge on any atom is 0.308 e. The molecule has 2 fully saturated rings. The SMILES string of the molecule is COC(=O)[C@@H]1CC[C@]2(C1)SCCCS2(=O)=O. The van der Waals surface area contributed by atoms with E-state index in [1.165, 1.54) is 18.9 Å². The van der Waals surface area contributed by atoms with Crippen LogP contribution in [0.15, 0.2) is 0 Å². The smallest absolute Gasteiger partial charge is 0.308 e. The fourth-order valence-corrected chi connectivity index (χ4v) is 6.96. The minimum absolute atomic E-state index is 0.231. The summed E-state index contributed by atoms with van der Waals surface area (Å²) in [5.74, 6) is 0.657. The van der Waals surface area contributed by atoms with Gasteiger partial charge in [-0.25, -0.2) is 8.42 Å². The first-order chi connectivity index (χ1) is 7.51. The van der Waals surface area contributed by atoms with Crippen molar-refractivity contribution in [1.82, 2.24) is 0 Å². The summed E-state index contributed by atoms with van der Waals surface area (Å²) in [7, 11) is -1.69. The topological polar surface area (TPSA) is 60.4 Å². The maximum absolute atomic E-state index is 12.1. The molecule has 1 aliphatic carbocycles. The second kappa shape index (κ2) is 4.22. The number of thioether (sulfide) groups is 1. The summed E-state index contributed by atoms with van der Waals surface area (Å²) in [5, 5.41) is 0. The van der Waals surface area contributed by atoms with Gasteiger partial charge in [0.2, 0.25) is 0 Å². The van der Waals surface area contributed by atoms with Crippen molar-refractivity contribution >= 4 is 27.6 Å². The molecule has 0 aromatic rings. The molecule has 16 heavy (non-hydrogen) atoms. The van der Waals surface area contributed by atoms with Crippen LogP contribution in [0.3, 0.4) is 0 Å². The number of sulfone groups is 1. The summed E-state index contributed by atoms with van der Waals surface area (Å²) >= 11 is 1.52. The van der Waals surface area contributed by atoms with E-state index in [0.717, 1.165) is 12.2 Å². The Balaban J connectivity index is 2.19. The van der Waals surface area contributed by atoms with Gasteiger partial charge in [-0.1, -0.05) is 0 Å². The van der Waals surface area contributed by atoms with Crippen LogP contribution in [0, 0.1) is 5.92 Å². The Morgan fingerprint density at radius 1 is 1.50 bits per heavy atom. The number of hydrogen-bond donors (Lipinski definition) is 0. The molecule has 1 aliphatic heterocycles. The molecule has 0 N–H and O–H groups in total. The third-order valence-corrected chi connectivity index (χ3v) is 8.29. The quantitative estimate of drug-likeness (QED) is 0.666. The normalized spacial score (nSPS) is 37.4. The van der Waals surface area contributed by atoms with Gasteiger partial charge in [-0.05, 0) is 31.4 Å². The van der Waals surface area contributed by atoms with Crippen LogP contribution in [0.5, 0.6) is 0 Å². The first-order valence-electron chi connectivity index (χ1n) is 5.45. The van der Waals surface area contributed by atoms with Gasteiger partial charge in [0.15, 0.2) is 9.84 Å². The summed E-state index contributed by atoms with van der Waals surface area (Å²) in [5.41, 5.74) is 0. The largest absolute Gasteiger partial charge is 0.469 e. The predicted molar refractivity (Wildman–Crippen MR) is 62.9 cm³/mol. The Bertz CT molecular complexity index is 390. The van der Waals surface area contributed by atoms with Crippen molar-refractivity contribution in [1.29, 1.82) is 0 Å². The Kier molecular flexibility index (Phi) is 3.22. The van der Waals surface area contributed by atoms with E-state index in [2.05, 4.69) is 0 Å². The van der Waals surface area contributed by atoms with Gasteiger partial charge in [0.05, 0.1) is 18.8 Å². The molecule has 4 nitrogen and oxygen atoms in total. The molecule has 6 heteroatoms. The second-order valence-electron chi connectivity index (χ2n) is 4.39. The highest BCUT2D eigenvalue weighted by Gasteiger charge is 2.52. The zero-order chi connectivity index (χ0) is 11.8. The first-order valence-corrected chi connectivity index (χ1v) is 8.09. The number of esters is 1. The average Bonchev–Trinajstić information content (AvgIpc) is 2.68. The van der Waals surface area contributed by atoms with E-state index in [1.54, 1.807) is 0 Å². The minimum atomic E-state index is -3.04. The van der Waals surface area contributed by atoms with Crippen molar-refractivity contribution in [2.75, 3.05) is 18.6 Å². The lowest BCUT2D eigenvalue weighted by Crippen LogP contribution is -2.38. The first kappa shape index (κ1) is 12.2. The summed E-state index contributed by atoms with van der Waals surface area (Å²) in [4.78, 5) is 11.4. The second-order valence-corrected chi connectivity index (χ2v) is 8.55. The highest BCUT2D eigenvalue weighted by Crippen LogP contribution is 2.51. The van der Waals surface area contributed by atoms with Crippen molar-refractivity contribution in [3.8, 4) is 0 Å². The molecule has 92 valence electrons. The molecule has 0 unspecified atom stereocenters. The molecule has 1 heterocycles. The summed E-state index contributed by atoms with van der Waals surface area (Å²) < 4.78 is 28.2. The van der Waals surface area contributed by atoms with Crippen LogP contribution in [0.4, 0.5) is 0 Å². The standard InChI is InChI=1S/C10H16O4S2/c1-14-9(11)8-3-4-10(7-8)15-5-2-6-16(10,12)13/h8H,2-7H2,1H3/t8-,10+/m1/s1. The number of hydrogen-bond acceptors (Lipinski definition) is 5. The van der Waals surface area contributed by atoms with E-state index in [0.29, 0.717) is 19.3 Å². The Morgan fingerprint density at radius 3 is 2.88 bits per heavy atom. The van der Waals surface area contributed by atoms with Crippen LogP contribution < -0.4 is 0 Å². The zero-order valence-corrected chi connectivity index (χ0v) is 10.9. The van der Waals surface area contributed by atoms with Crippen molar-refractivity contribution in [3.63, 3.8) is 0 Å². The van der Waals surface area contributed by atoms with Gasteiger partial charge in [-0.2, -0.15) is 0 Å². The molecule has 2 atom stereocenters. The molecule has 1 spiro atoms. The number of carbonyl (C=O) groups excluding carboxylic acids is 1. The Labute approximate surface area is 100 Å². The van der Waals surface area contributed by atoms with E-state index in [1.807, 2.05) is 0 Å². The van der Waals surface area contributed by atoms with E-state index in [4.69, 9.17) is 4.74 Å². The summed E-state index contributed by atoms with van der Waals surface area (Å²) in [6.45, 7) is 0. The summed E-state index contributed by atoms with van der Waals surface area (Å²) in [6, 6.07) is 0. The number of ether oxygens (including phenoxy) is 1. The average molecular weight is 264 g/mol. The highest BCUT2D eigenvalue weighted by molar-refractivity contribution is 8.15. The van der Waals surface area contributed by atoms with E-state index < -0.39 is 13.9 Å². The minimum Gasteiger partial charge on any atom is -0.469 e. The van der Waals surface area contributed by atoms with E-state index >= 15 is 0 Å². The van der Waals surface area contributed by atoms with Gasteiger partial charge in [0.25, 0.3) is 0 Å². The van der Waals surface area contributed by atoms with Crippen LogP contribution in [-0.4, -0.2) is 37.1 Å². The molecule has 0 amide bonds. The Hall–Kier alpha value is -0.230. The highest BCUT2D eigenvalue weighted by atomic mass is 32.3. The van der Waals surface area contributed by atoms with E-state index in [9.17, 15) is 13.2 Å². The van der Waals surface area contributed by atoms with Crippen molar-refractivity contribution < 1.29 is 17.9 Å². The van der Waals surface area contributed by atoms with Gasteiger partial charge in [0.1, 0.15) is 4.08 Å². The molecular formula is C10H16O4S2. The number of rotatable bonds is 1. The van der Waals surface area contributed by atoms with Crippen LogP contribution in [0.25, 0.3) is 0 Å². The lowest BCUT2D eigenvalue weighted by Gasteiger charge is -2.32. The third kappa shape index (κ3) is 1.86. The molecule has 1 saturated carbocycles. The lowest BCUT2D eigenvalue weighted by atomic mass is 10.1. The van der Waals surface area contributed by atoms with Gasteiger partial charge < -0.3 is 4.74 Å². The lowest BCUT2D eigenvalue weighted by molar-refractivity contribution is -0.145. The fourth-order valence-electron chi connectivity index (χ4n) is 2.54. The van der Waals surface area contributed by atoms with E-state index in [-0.39, 0.29) is 17.6 Å². The Morgan fingerprint density at radius 2 is 2.25 bits per heavy atom.